The molecule has 4 heteroatoms. The van der Waals surface area contributed by atoms with E-state index in [1.165, 1.54) is 0 Å². The number of hydrogen-bond acceptors (Lipinski definition) is 3. The Labute approximate surface area is 123 Å². The molecule has 0 heterocycles. The van der Waals surface area contributed by atoms with Gasteiger partial charge in [-0.1, -0.05) is 29.8 Å². The number of benzene rings is 2. The molecule has 0 bridgehead atoms. The molecule has 0 saturated heterocycles. The van der Waals surface area contributed by atoms with Crippen LogP contribution in [0.2, 0.25) is 5.02 Å². The van der Waals surface area contributed by atoms with Gasteiger partial charge in [-0.2, -0.15) is 0 Å². The maximum absolute atomic E-state index is 10.9. The first kappa shape index (κ1) is 14.7. The molecule has 0 aliphatic carbocycles. The molecule has 0 aliphatic rings. The molecule has 2 aromatic carbocycles. The second kappa shape index (κ2) is 5.73. The van der Waals surface area contributed by atoms with Gasteiger partial charge in [0, 0.05) is 16.1 Å². The highest BCUT2D eigenvalue weighted by molar-refractivity contribution is 6.31. The lowest BCUT2D eigenvalue weighted by Gasteiger charge is -2.27. The lowest BCUT2D eigenvalue weighted by Crippen LogP contribution is -2.24. The lowest BCUT2D eigenvalue weighted by atomic mass is 9.87. The Morgan fingerprint density at radius 2 is 1.70 bits per heavy atom. The highest BCUT2D eigenvalue weighted by Crippen LogP contribution is 2.39. The molecule has 106 valence electrons. The Balaban J connectivity index is 2.61. The van der Waals surface area contributed by atoms with Crippen LogP contribution in [0.15, 0.2) is 42.5 Å². The van der Waals surface area contributed by atoms with Gasteiger partial charge < -0.3 is 14.6 Å². The molecule has 3 nitrogen and oxygen atoms in total. The average Bonchev–Trinajstić information content (AvgIpc) is 2.46. The fourth-order valence-corrected chi connectivity index (χ4v) is 2.52. The van der Waals surface area contributed by atoms with Crippen LogP contribution in [-0.4, -0.2) is 19.3 Å². The summed E-state index contributed by atoms with van der Waals surface area (Å²) >= 11 is 6.20. The van der Waals surface area contributed by atoms with E-state index in [4.69, 9.17) is 21.1 Å². The zero-order valence-electron chi connectivity index (χ0n) is 11.7. The maximum Gasteiger partial charge on any atom is 0.125 e. The van der Waals surface area contributed by atoms with Crippen molar-refractivity contribution in [3.05, 3.63) is 58.6 Å². The van der Waals surface area contributed by atoms with E-state index in [0.29, 0.717) is 27.6 Å². The highest BCUT2D eigenvalue weighted by atomic mass is 35.5. The maximum atomic E-state index is 10.9. The SMILES string of the molecule is COc1ccc(OC)c(C(C)(O)c2ccccc2Cl)c1. The van der Waals surface area contributed by atoms with Gasteiger partial charge >= 0.3 is 0 Å². The standard InChI is InChI=1S/C16H17ClO3/c1-16(18,12-6-4-5-7-14(12)17)13-10-11(19-2)8-9-15(13)20-3/h4-10,18H,1-3H3. The van der Waals surface area contributed by atoms with Crippen LogP contribution in [-0.2, 0) is 5.60 Å². The predicted molar refractivity (Wildman–Crippen MR) is 79.7 cm³/mol. The van der Waals surface area contributed by atoms with Crippen molar-refractivity contribution in [1.82, 2.24) is 0 Å². The topological polar surface area (TPSA) is 38.7 Å². The monoisotopic (exact) mass is 292 g/mol. The molecule has 0 radical (unpaired) electrons. The van der Waals surface area contributed by atoms with E-state index in [2.05, 4.69) is 0 Å². The van der Waals surface area contributed by atoms with E-state index in [0.717, 1.165) is 0 Å². The van der Waals surface area contributed by atoms with Crippen LogP contribution in [0.25, 0.3) is 0 Å². The summed E-state index contributed by atoms with van der Waals surface area (Å²) in [6, 6.07) is 12.5. The van der Waals surface area contributed by atoms with E-state index in [1.807, 2.05) is 12.1 Å². The van der Waals surface area contributed by atoms with Crippen molar-refractivity contribution < 1.29 is 14.6 Å². The number of hydrogen-bond donors (Lipinski definition) is 1. The smallest absolute Gasteiger partial charge is 0.125 e. The third kappa shape index (κ3) is 2.60. The van der Waals surface area contributed by atoms with Crippen LogP contribution in [0.5, 0.6) is 11.5 Å². The summed E-state index contributed by atoms with van der Waals surface area (Å²) in [7, 11) is 3.14. The Morgan fingerprint density at radius 1 is 1.00 bits per heavy atom. The Hall–Kier alpha value is -1.71. The summed E-state index contributed by atoms with van der Waals surface area (Å²) in [5.74, 6) is 1.23. The summed E-state index contributed by atoms with van der Waals surface area (Å²) in [5.41, 5.74) is -0.0567. The highest BCUT2D eigenvalue weighted by Gasteiger charge is 2.31. The van der Waals surface area contributed by atoms with Crippen molar-refractivity contribution in [3.63, 3.8) is 0 Å². The fourth-order valence-electron chi connectivity index (χ4n) is 2.20. The first-order valence-electron chi connectivity index (χ1n) is 6.20. The molecule has 0 aliphatic heterocycles. The van der Waals surface area contributed by atoms with Crippen molar-refractivity contribution in [2.24, 2.45) is 0 Å². The molecule has 2 rings (SSSR count). The van der Waals surface area contributed by atoms with E-state index >= 15 is 0 Å². The molecule has 2 aromatic rings. The molecule has 20 heavy (non-hydrogen) atoms. The minimum atomic E-state index is -1.28. The molecule has 1 N–H and O–H groups in total. The van der Waals surface area contributed by atoms with Crippen LogP contribution < -0.4 is 9.47 Å². The van der Waals surface area contributed by atoms with Crippen LogP contribution in [0, 0.1) is 0 Å². The van der Waals surface area contributed by atoms with Gasteiger partial charge in [0.1, 0.15) is 17.1 Å². The van der Waals surface area contributed by atoms with E-state index in [9.17, 15) is 5.11 Å². The van der Waals surface area contributed by atoms with Gasteiger partial charge in [-0.25, -0.2) is 0 Å². The largest absolute Gasteiger partial charge is 0.497 e. The van der Waals surface area contributed by atoms with Crippen molar-refractivity contribution in [2.75, 3.05) is 14.2 Å². The summed E-state index contributed by atoms with van der Waals surface area (Å²) in [5, 5.41) is 11.5. The minimum absolute atomic E-state index is 0.502. The number of ether oxygens (including phenoxy) is 2. The van der Waals surface area contributed by atoms with E-state index in [1.54, 1.807) is 51.5 Å². The lowest BCUT2D eigenvalue weighted by molar-refractivity contribution is 0.0987. The van der Waals surface area contributed by atoms with Crippen LogP contribution in [0.1, 0.15) is 18.1 Å². The molecule has 0 spiro atoms. The molecule has 0 aromatic heterocycles. The van der Waals surface area contributed by atoms with Gasteiger partial charge in [0.25, 0.3) is 0 Å². The first-order valence-corrected chi connectivity index (χ1v) is 6.58. The van der Waals surface area contributed by atoms with Gasteiger partial charge in [0.2, 0.25) is 0 Å². The number of methoxy groups -OCH3 is 2. The Kier molecular flexibility index (Phi) is 4.21. The molecule has 0 fully saturated rings. The Morgan fingerprint density at radius 3 is 2.30 bits per heavy atom. The summed E-state index contributed by atoms with van der Waals surface area (Å²) < 4.78 is 10.5. The second-order valence-corrected chi connectivity index (χ2v) is 5.03. The molecular formula is C16H17ClO3. The second-order valence-electron chi connectivity index (χ2n) is 4.62. The van der Waals surface area contributed by atoms with Crippen LogP contribution in [0.3, 0.4) is 0 Å². The normalized spacial score (nSPS) is 13.7. The van der Waals surface area contributed by atoms with E-state index in [-0.39, 0.29) is 0 Å². The van der Waals surface area contributed by atoms with E-state index < -0.39 is 5.60 Å². The van der Waals surface area contributed by atoms with Crippen LogP contribution in [0.4, 0.5) is 0 Å². The number of aliphatic hydroxyl groups is 1. The molecule has 0 saturated carbocycles. The van der Waals surface area contributed by atoms with Gasteiger partial charge in [-0.05, 0) is 31.2 Å². The van der Waals surface area contributed by atoms with Crippen molar-refractivity contribution in [3.8, 4) is 11.5 Å². The number of halogens is 1. The summed E-state index contributed by atoms with van der Waals surface area (Å²) in [4.78, 5) is 0. The fraction of sp³-hybridized carbons (Fsp3) is 0.250. The van der Waals surface area contributed by atoms with Crippen molar-refractivity contribution in [2.45, 2.75) is 12.5 Å². The third-order valence-electron chi connectivity index (χ3n) is 3.33. The summed E-state index contributed by atoms with van der Waals surface area (Å²) in [6.45, 7) is 1.69. The third-order valence-corrected chi connectivity index (χ3v) is 3.66. The van der Waals surface area contributed by atoms with Gasteiger partial charge in [0.05, 0.1) is 14.2 Å². The zero-order valence-corrected chi connectivity index (χ0v) is 12.4. The number of rotatable bonds is 4. The zero-order chi connectivity index (χ0) is 14.8. The van der Waals surface area contributed by atoms with Gasteiger partial charge in [0.15, 0.2) is 0 Å². The van der Waals surface area contributed by atoms with Crippen molar-refractivity contribution in [1.29, 1.82) is 0 Å². The Bertz CT molecular complexity index is 608. The quantitative estimate of drug-likeness (QED) is 0.935. The predicted octanol–water partition coefficient (Wildman–Crippen LogP) is 3.61. The molecule has 0 amide bonds. The molecule has 1 atom stereocenters. The minimum Gasteiger partial charge on any atom is -0.497 e. The molecule has 1 unspecified atom stereocenters. The van der Waals surface area contributed by atoms with Gasteiger partial charge in [-0.3, -0.25) is 0 Å². The average molecular weight is 293 g/mol. The van der Waals surface area contributed by atoms with Crippen LogP contribution >= 0.6 is 11.6 Å². The van der Waals surface area contributed by atoms with Gasteiger partial charge in [-0.15, -0.1) is 0 Å². The summed E-state index contributed by atoms with van der Waals surface area (Å²) in [6.07, 6.45) is 0. The molecular weight excluding hydrogens is 276 g/mol. The first-order chi connectivity index (χ1) is 9.50. The van der Waals surface area contributed by atoms with Crippen molar-refractivity contribution >= 4 is 11.6 Å².